The van der Waals surface area contributed by atoms with Gasteiger partial charge in [-0.15, -0.1) is 24.0 Å². The summed E-state index contributed by atoms with van der Waals surface area (Å²) in [5.41, 5.74) is 2.31. The molecule has 2 rings (SSSR count). The minimum absolute atomic E-state index is 0. The Morgan fingerprint density at radius 3 is 2.76 bits per heavy atom. The first kappa shape index (κ1) is 21.7. The Hall–Kier alpha value is -1.31. The molecule has 0 bridgehead atoms. The van der Waals surface area contributed by atoms with E-state index in [9.17, 15) is 4.79 Å². The highest BCUT2D eigenvalue weighted by molar-refractivity contribution is 14.0. The average molecular weight is 458 g/mol. The van der Waals surface area contributed by atoms with Crippen LogP contribution in [-0.2, 0) is 11.2 Å². The summed E-state index contributed by atoms with van der Waals surface area (Å²) in [6.45, 7) is 6.37. The van der Waals surface area contributed by atoms with Crippen LogP contribution in [0.25, 0.3) is 0 Å². The quantitative estimate of drug-likeness (QED) is 0.298. The van der Waals surface area contributed by atoms with E-state index in [1.54, 1.807) is 7.05 Å². The van der Waals surface area contributed by atoms with E-state index < -0.39 is 0 Å². The Bertz CT molecular complexity index is 574. The van der Waals surface area contributed by atoms with Crippen LogP contribution >= 0.6 is 24.0 Å². The van der Waals surface area contributed by atoms with E-state index in [2.05, 4.69) is 35.5 Å². The van der Waals surface area contributed by atoms with Crippen molar-refractivity contribution in [1.29, 1.82) is 0 Å². The molecule has 6 heteroatoms. The maximum Gasteiger partial charge on any atom is 0.246 e. The lowest BCUT2D eigenvalue weighted by molar-refractivity contribution is -0.117. The Labute approximate surface area is 168 Å². The molecule has 0 aromatic heterocycles. The number of hydrogen-bond acceptors (Lipinski definition) is 2. The fourth-order valence-electron chi connectivity index (χ4n) is 2.99. The maximum atomic E-state index is 12.6. The molecule has 0 saturated carbocycles. The second kappa shape index (κ2) is 11.3. The first-order valence-corrected chi connectivity index (χ1v) is 8.94. The summed E-state index contributed by atoms with van der Waals surface area (Å²) in [5.74, 6) is 1.49. The molecule has 1 aromatic rings. The van der Waals surface area contributed by atoms with Crippen LogP contribution in [-0.4, -0.2) is 38.5 Å². The van der Waals surface area contributed by atoms with E-state index in [0.29, 0.717) is 11.9 Å². The fourth-order valence-corrected chi connectivity index (χ4v) is 2.99. The summed E-state index contributed by atoms with van der Waals surface area (Å²) in [4.78, 5) is 18.7. The van der Waals surface area contributed by atoms with E-state index in [1.807, 2.05) is 23.1 Å². The number of fused-ring (bicyclic) bond motifs is 1. The molecule has 1 aliphatic rings. The molecular formula is C19H31IN4O. The van der Waals surface area contributed by atoms with Crippen LogP contribution in [0.1, 0.15) is 38.7 Å². The molecule has 140 valence electrons. The van der Waals surface area contributed by atoms with Crippen molar-refractivity contribution in [1.82, 2.24) is 10.6 Å². The number of carbonyl (C=O) groups excluding carboxylic acids is 1. The number of nitrogens with one attached hydrogen (secondary N) is 2. The molecule has 0 radical (unpaired) electrons. The number of hydrogen-bond donors (Lipinski definition) is 2. The minimum atomic E-state index is 0. The number of carbonyl (C=O) groups is 1. The van der Waals surface area contributed by atoms with Gasteiger partial charge in [-0.2, -0.15) is 0 Å². The third-order valence-corrected chi connectivity index (χ3v) is 4.29. The number of nitrogens with zero attached hydrogens (tertiary/aromatic N) is 2. The van der Waals surface area contributed by atoms with Crippen molar-refractivity contribution >= 4 is 41.5 Å². The Balaban J connectivity index is 0.00000312. The van der Waals surface area contributed by atoms with E-state index >= 15 is 0 Å². The molecule has 1 aliphatic heterocycles. The number of aliphatic imine (C=N–C) groups is 1. The largest absolute Gasteiger partial charge is 0.356 e. The van der Waals surface area contributed by atoms with Gasteiger partial charge in [0.1, 0.15) is 0 Å². The Morgan fingerprint density at radius 1 is 1.28 bits per heavy atom. The molecule has 0 spiro atoms. The lowest BCUT2D eigenvalue weighted by Gasteiger charge is -2.29. The van der Waals surface area contributed by atoms with Crippen LogP contribution in [0, 0.1) is 5.92 Å². The topological polar surface area (TPSA) is 56.7 Å². The Morgan fingerprint density at radius 2 is 2.04 bits per heavy atom. The average Bonchev–Trinajstić information content (AvgIpc) is 2.60. The third-order valence-electron chi connectivity index (χ3n) is 4.29. The third kappa shape index (κ3) is 6.84. The van der Waals surface area contributed by atoms with Crippen LogP contribution < -0.4 is 15.5 Å². The number of rotatable bonds is 6. The van der Waals surface area contributed by atoms with E-state index in [1.165, 1.54) is 12.0 Å². The zero-order valence-electron chi connectivity index (χ0n) is 15.5. The monoisotopic (exact) mass is 458 g/mol. The van der Waals surface area contributed by atoms with Crippen molar-refractivity contribution in [3.63, 3.8) is 0 Å². The number of amides is 1. The van der Waals surface area contributed by atoms with Crippen molar-refractivity contribution in [3.05, 3.63) is 29.8 Å². The van der Waals surface area contributed by atoms with Crippen LogP contribution in [0.4, 0.5) is 5.69 Å². The van der Waals surface area contributed by atoms with Crippen molar-refractivity contribution in [2.45, 2.75) is 39.5 Å². The fraction of sp³-hybridized carbons (Fsp3) is 0.579. The number of anilines is 1. The molecule has 1 aromatic carbocycles. The van der Waals surface area contributed by atoms with Crippen LogP contribution in [0.15, 0.2) is 29.3 Å². The van der Waals surface area contributed by atoms with Gasteiger partial charge in [0.15, 0.2) is 5.96 Å². The Kier molecular flexibility index (Phi) is 9.85. The maximum absolute atomic E-state index is 12.6. The van der Waals surface area contributed by atoms with Gasteiger partial charge >= 0.3 is 0 Å². The van der Waals surface area contributed by atoms with Crippen molar-refractivity contribution in [3.8, 4) is 0 Å². The molecular weight excluding hydrogens is 427 g/mol. The van der Waals surface area contributed by atoms with Crippen molar-refractivity contribution in [2.24, 2.45) is 10.9 Å². The van der Waals surface area contributed by atoms with Gasteiger partial charge in [-0.05, 0) is 43.2 Å². The second-order valence-corrected chi connectivity index (χ2v) is 6.67. The summed E-state index contributed by atoms with van der Waals surface area (Å²) in [7, 11) is 1.73. The normalized spacial score (nSPS) is 13.9. The second-order valence-electron chi connectivity index (χ2n) is 6.67. The molecule has 0 unspecified atom stereocenters. The minimum Gasteiger partial charge on any atom is -0.356 e. The molecule has 0 saturated heterocycles. The predicted octanol–water partition coefficient (Wildman–Crippen LogP) is 3.19. The highest BCUT2D eigenvalue weighted by Crippen LogP contribution is 2.26. The summed E-state index contributed by atoms with van der Waals surface area (Å²) < 4.78 is 0. The number of para-hydroxylation sites is 1. The van der Waals surface area contributed by atoms with Crippen LogP contribution in [0.3, 0.4) is 0 Å². The van der Waals surface area contributed by atoms with E-state index in [0.717, 1.165) is 38.0 Å². The number of benzene rings is 1. The zero-order chi connectivity index (χ0) is 17.4. The van der Waals surface area contributed by atoms with Gasteiger partial charge in [0, 0.05) is 25.8 Å². The van der Waals surface area contributed by atoms with Gasteiger partial charge in [0.2, 0.25) is 5.91 Å². The SMILES string of the molecule is CN=C(NCCCC(C)C)NCC(=O)N1CCCc2ccccc21.I. The molecule has 0 aliphatic carbocycles. The molecule has 0 fully saturated rings. The number of guanidine groups is 1. The predicted molar refractivity (Wildman–Crippen MR) is 116 cm³/mol. The van der Waals surface area contributed by atoms with Crippen molar-refractivity contribution < 1.29 is 4.79 Å². The first-order chi connectivity index (χ1) is 11.6. The first-order valence-electron chi connectivity index (χ1n) is 8.94. The molecule has 25 heavy (non-hydrogen) atoms. The van der Waals surface area contributed by atoms with Crippen LogP contribution in [0.2, 0.25) is 0 Å². The van der Waals surface area contributed by atoms with Gasteiger partial charge in [-0.3, -0.25) is 9.79 Å². The van der Waals surface area contributed by atoms with Gasteiger partial charge in [-0.25, -0.2) is 0 Å². The van der Waals surface area contributed by atoms with Gasteiger partial charge in [0.05, 0.1) is 6.54 Å². The standard InChI is InChI=1S/C19H30N4O.HI/c1-15(2)8-6-12-21-19(20-3)22-14-18(24)23-13-7-10-16-9-4-5-11-17(16)23;/h4-5,9,11,15H,6-8,10,12-14H2,1-3H3,(H2,20,21,22);1H. The van der Waals surface area contributed by atoms with E-state index in [4.69, 9.17) is 0 Å². The molecule has 5 nitrogen and oxygen atoms in total. The van der Waals surface area contributed by atoms with Crippen molar-refractivity contribution in [2.75, 3.05) is 31.6 Å². The smallest absolute Gasteiger partial charge is 0.246 e. The lowest BCUT2D eigenvalue weighted by atomic mass is 10.0. The summed E-state index contributed by atoms with van der Waals surface area (Å²) in [5, 5.41) is 6.40. The van der Waals surface area contributed by atoms with E-state index in [-0.39, 0.29) is 36.4 Å². The lowest BCUT2D eigenvalue weighted by Crippen LogP contribution is -2.46. The van der Waals surface area contributed by atoms with Gasteiger partial charge in [0.25, 0.3) is 0 Å². The summed E-state index contributed by atoms with van der Waals surface area (Å²) in [6.07, 6.45) is 4.36. The summed E-state index contributed by atoms with van der Waals surface area (Å²) >= 11 is 0. The molecule has 2 N–H and O–H groups in total. The zero-order valence-corrected chi connectivity index (χ0v) is 17.9. The highest BCUT2D eigenvalue weighted by Gasteiger charge is 2.21. The highest BCUT2D eigenvalue weighted by atomic mass is 127. The molecule has 1 heterocycles. The summed E-state index contributed by atoms with van der Waals surface area (Å²) in [6, 6.07) is 8.17. The molecule has 0 atom stereocenters. The van der Waals surface area contributed by atoms with Gasteiger partial charge < -0.3 is 15.5 Å². The van der Waals surface area contributed by atoms with Gasteiger partial charge in [-0.1, -0.05) is 32.0 Å². The number of halogens is 1. The number of aryl methyl sites for hydroxylation is 1. The molecule has 1 amide bonds. The van der Waals surface area contributed by atoms with Crippen LogP contribution in [0.5, 0.6) is 0 Å².